The van der Waals surface area contributed by atoms with Gasteiger partial charge in [-0.25, -0.2) is 0 Å². The van der Waals surface area contributed by atoms with Crippen LogP contribution in [0.25, 0.3) is 10.9 Å². The molecule has 2 aromatic heterocycles. The summed E-state index contributed by atoms with van der Waals surface area (Å²) in [5.41, 5.74) is 1.64. The minimum Gasteiger partial charge on any atom is -0.492 e. The number of carbonyl (C=O) groups is 1. The van der Waals surface area contributed by atoms with E-state index in [-0.39, 0.29) is 18.3 Å². The van der Waals surface area contributed by atoms with E-state index in [0.717, 1.165) is 28.7 Å². The van der Waals surface area contributed by atoms with E-state index in [1.807, 2.05) is 18.2 Å². The van der Waals surface area contributed by atoms with E-state index < -0.39 is 11.7 Å². The fourth-order valence-corrected chi connectivity index (χ4v) is 2.56. The Morgan fingerprint density at radius 2 is 2.08 bits per heavy atom. The second-order valence-electron chi connectivity index (χ2n) is 5.77. The predicted octanol–water partition coefficient (Wildman–Crippen LogP) is 4.16. The minimum absolute atomic E-state index is 0.0708. The lowest BCUT2D eigenvalue weighted by atomic mass is 10.1. The van der Waals surface area contributed by atoms with Gasteiger partial charge in [-0.05, 0) is 23.8 Å². The van der Waals surface area contributed by atoms with Crippen LogP contribution in [0.4, 0.5) is 18.9 Å². The third-order valence-corrected chi connectivity index (χ3v) is 3.76. The van der Waals surface area contributed by atoms with Crippen LogP contribution in [0.5, 0.6) is 5.75 Å². The molecule has 2 heterocycles. The fourth-order valence-electron chi connectivity index (χ4n) is 2.56. The average molecular weight is 363 g/mol. The average Bonchev–Trinajstić information content (AvgIpc) is 2.96. The molecule has 1 aromatic carbocycles. The number of aromatic nitrogens is 2. The lowest BCUT2D eigenvalue weighted by Gasteiger charge is -2.10. The molecule has 136 valence electrons. The molecule has 0 fully saturated rings. The zero-order valence-corrected chi connectivity index (χ0v) is 13.9. The van der Waals surface area contributed by atoms with Gasteiger partial charge in [-0.1, -0.05) is 6.07 Å². The summed E-state index contributed by atoms with van der Waals surface area (Å²) in [6.45, 7) is 1.63. The van der Waals surface area contributed by atoms with E-state index in [2.05, 4.69) is 15.3 Å². The first kappa shape index (κ1) is 17.8. The van der Waals surface area contributed by atoms with Crippen LogP contribution in [0, 0.1) is 0 Å². The van der Waals surface area contributed by atoms with Crippen LogP contribution < -0.4 is 10.1 Å². The topological polar surface area (TPSA) is 67.0 Å². The van der Waals surface area contributed by atoms with E-state index in [4.69, 9.17) is 4.74 Å². The summed E-state index contributed by atoms with van der Waals surface area (Å²) >= 11 is 0. The molecule has 0 spiro atoms. The lowest BCUT2D eigenvalue weighted by Crippen LogP contribution is -2.07. The number of fused-ring (bicyclic) bond motifs is 1. The Kier molecular flexibility index (Phi) is 4.83. The number of pyridine rings is 1. The van der Waals surface area contributed by atoms with Gasteiger partial charge in [-0.3, -0.25) is 9.78 Å². The number of rotatable bonds is 5. The molecular formula is C18H16F3N3O2. The Labute approximate surface area is 147 Å². The van der Waals surface area contributed by atoms with Crippen molar-refractivity contribution >= 4 is 22.5 Å². The second-order valence-corrected chi connectivity index (χ2v) is 5.77. The van der Waals surface area contributed by atoms with Gasteiger partial charge in [-0.2, -0.15) is 13.2 Å². The summed E-state index contributed by atoms with van der Waals surface area (Å²) in [4.78, 5) is 17.9. The molecule has 0 saturated heterocycles. The largest absolute Gasteiger partial charge is 0.492 e. The predicted molar refractivity (Wildman–Crippen MR) is 91.0 cm³/mol. The number of halogens is 3. The highest BCUT2D eigenvalue weighted by Crippen LogP contribution is 2.30. The number of amides is 1. The van der Waals surface area contributed by atoms with Crippen LogP contribution in [0.1, 0.15) is 18.1 Å². The van der Waals surface area contributed by atoms with Gasteiger partial charge >= 0.3 is 6.18 Å². The molecule has 3 aromatic rings. The monoisotopic (exact) mass is 363 g/mol. The van der Waals surface area contributed by atoms with Gasteiger partial charge in [0, 0.05) is 36.6 Å². The molecular weight excluding hydrogens is 347 g/mol. The molecule has 3 rings (SSSR count). The van der Waals surface area contributed by atoms with Crippen LogP contribution in [0.3, 0.4) is 0 Å². The van der Waals surface area contributed by atoms with Crippen LogP contribution in [0.15, 0.2) is 42.9 Å². The maximum atomic E-state index is 12.7. The Morgan fingerprint density at radius 1 is 1.27 bits per heavy atom. The summed E-state index contributed by atoms with van der Waals surface area (Å²) in [5.74, 6) is -0.0989. The quantitative estimate of drug-likeness (QED) is 0.715. The summed E-state index contributed by atoms with van der Waals surface area (Å²) in [6, 6.07) is 6.61. The van der Waals surface area contributed by atoms with Crippen LogP contribution in [-0.2, 0) is 17.4 Å². The third kappa shape index (κ3) is 4.14. The molecule has 0 atom stereocenters. The first-order valence-electron chi connectivity index (χ1n) is 7.85. The first-order valence-corrected chi connectivity index (χ1v) is 7.85. The highest BCUT2D eigenvalue weighted by atomic mass is 19.4. The number of hydrogen-bond acceptors (Lipinski definition) is 3. The standard InChI is InChI=1S/C18H16F3N3O2/c1-11(25)24-17-10-23-16-3-2-12(6-15(16)17)4-5-26-14-7-13(8-22-9-14)18(19,20)21/h2-3,6-10,23H,4-5H2,1H3,(H,24,25). The van der Waals surface area contributed by atoms with Crippen molar-refractivity contribution in [2.45, 2.75) is 19.5 Å². The van der Waals surface area contributed by atoms with Crippen molar-refractivity contribution in [1.82, 2.24) is 9.97 Å². The molecule has 1 amide bonds. The second kappa shape index (κ2) is 7.07. The van der Waals surface area contributed by atoms with Crippen LogP contribution >= 0.6 is 0 Å². The zero-order valence-electron chi connectivity index (χ0n) is 13.9. The molecule has 0 bridgehead atoms. The van der Waals surface area contributed by atoms with E-state index in [0.29, 0.717) is 12.1 Å². The molecule has 26 heavy (non-hydrogen) atoms. The Balaban J connectivity index is 1.67. The molecule has 0 unspecified atom stereocenters. The number of nitrogens with one attached hydrogen (secondary N) is 2. The molecule has 0 aliphatic rings. The Hall–Kier alpha value is -3.03. The van der Waals surface area contributed by atoms with Crippen molar-refractivity contribution in [3.8, 4) is 5.75 Å². The molecule has 2 N–H and O–H groups in total. The number of H-pyrrole nitrogens is 1. The molecule has 5 nitrogen and oxygen atoms in total. The molecule has 0 aliphatic carbocycles. The maximum absolute atomic E-state index is 12.7. The smallest absolute Gasteiger partial charge is 0.418 e. The molecule has 0 aliphatic heterocycles. The third-order valence-electron chi connectivity index (χ3n) is 3.76. The van der Waals surface area contributed by atoms with Gasteiger partial charge in [0.1, 0.15) is 5.75 Å². The number of carbonyl (C=O) groups excluding carboxylic acids is 1. The zero-order chi connectivity index (χ0) is 18.7. The van der Waals surface area contributed by atoms with Gasteiger partial charge in [0.2, 0.25) is 5.91 Å². The number of benzene rings is 1. The van der Waals surface area contributed by atoms with E-state index >= 15 is 0 Å². The summed E-state index contributed by atoms with van der Waals surface area (Å²) in [6.07, 6.45) is -0.237. The Morgan fingerprint density at radius 3 is 2.81 bits per heavy atom. The summed E-state index contributed by atoms with van der Waals surface area (Å²) < 4.78 is 43.4. The SMILES string of the molecule is CC(=O)Nc1c[nH]c2ccc(CCOc3cncc(C(F)(F)F)c3)cc12. The van der Waals surface area contributed by atoms with Crippen molar-refractivity contribution in [2.24, 2.45) is 0 Å². The number of hydrogen-bond donors (Lipinski definition) is 2. The summed E-state index contributed by atoms with van der Waals surface area (Å²) in [5, 5.41) is 3.60. The fraction of sp³-hybridized carbons (Fsp3) is 0.222. The number of aromatic amines is 1. The number of alkyl halides is 3. The minimum atomic E-state index is -4.45. The van der Waals surface area contributed by atoms with Crippen molar-refractivity contribution in [3.05, 3.63) is 54.0 Å². The van der Waals surface area contributed by atoms with E-state index in [1.165, 1.54) is 13.1 Å². The first-order chi connectivity index (χ1) is 12.3. The highest BCUT2D eigenvalue weighted by Gasteiger charge is 2.31. The van der Waals surface area contributed by atoms with Gasteiger partial charge in [0.15, 0.2) is 0 Å². The normalized spacial score (nSPS) is 11.5. The molecule has 8 heteroatoms. The highest BCUT2D eigenvalue weighted by molar-refractivity contribution is 6.01. The van der Waals surface area contributed by atoms with Crippen molar-refractivity contribution in [3.63, 3.8) is 0 Å². The summed E-state index contributed by atoms with van der Waals surface area (Å²) in [7, 11) is 0. The molecule has 0 radical (unpaired) electrons. The maximum Gasteiger partial charge on any atom is 0.418 e. The van der Waals surface area contributed by atoms with Gasteiger partial charge in [0.25, 0.3) is 0 Å². The van der Waals surface area contributed by atoms with Crippen molar-refractivity contribution in [1.29, 1.82) is 0 Å². The van der Waals surface area contributed by atoms with Crippen molar-refractivity contribution < 1.29 is 22.7 Å². The molecule has 0 saturated carbocycles. The van der Waals surface area contributed by atoms with E-state index in [9.17, 15) is 18.0 Å². The Bertz CT molecular complexity index is 935. The van der Waals surface area contributed by atoms with Gasteiger partial charge in [-0.15, -0.1) is 0 Å². The lowest BCUT2D eigenvalue weighted by molar-refractivity contribution is -0.138. The van der Waals surface area contributed by atoms with Crippen molar-refractivity contribution in [2.75, 3.05) is 11.9 Å². The van der Waals surface area contributed by atoms with Crippen LogP contribution in [-0.4, -0.2) is 22.5 Å². The van der Waals surface area contributed by atoms with E-state index in [1.54, 1.807) is 6.20 Å². The van der Waals surface area contributed by atoms with Gasteiger partial charge in [0.05, 0.1) is 24.1 Å². The number of ether oxygens (including phenoxy) is 1. The van der Waals surface area contributed by atoms with Gasteiger partial charge < -0.3 is 15.0 Å². The number of nitrogens with zero attached hydrogens (tertiary/aromatic N) is 1. The van der Waals surface area contributed by atoms with Crippen LogP contribution in [0.2, 0.25) is 0 Å². The number of anilines is 1.